The van der Waals surface area contributed by atoms with Gasteiger partial charge in [0.05, 0.1) is 5.02 Å². The summed E-state index contributed by atoms with van der Waals surface area (Å²) >= 11 is 6.27. The predicted molar refractivity (Wildman–Crippen MR) is 91.1 cm³/mol. The molecule has 1 aliphatic rings. The van der Waals surface area contributed by atoms with Gasteiger partial charge in [-0.15, -0.1) is 0 Å². The van der Waals surface area contributed by atoms with E-state index in [9.17, 15) is 0 Å². The molecule has 0 atom stereocenters. The highest BCUT2D eigenvalue weighted by Crippen LogP contribution is 2.35. The van der Waals surface area contributed by atoms with Crippen LogP contribution < -0.4 is 10.2 Å². The van der Waals surface area contributed by atoms with E-state index in [1.54, 1.807) is 6.20 Å². The SMILES string of the molecule is CCC1(C)CCN(c2cc(CNC(C)C)c(Cl)cn2)CC1. The summed E-state index contributed by atoms with van der Waals surface area (Å²) in [5, 5.41) is 4.18. The van der Waals surface area contributed by atoms with Crippen LogP contribution in [0.25, 0.3) is 0 Å². The van der Waals surface area contributed by atoms with Gasteiger partial charge in [0.25, 0.3) is 0 Å². The monoisotopic (exact) mass is 309 g/mol. The van der Waals surface area contributed by atoms with E-state index in [0.29, 0.717) is 11.5 Å². The molecule has 0 radical (unpaired) electrons. The Balaban J connectivity index is 2.05. The molecule has 0 aliphatic carbocycles. The first-order chi connectivity index (χ1) is 9.93. The van der Waals surface area contributed by atoms with Gasteiger partial charge in [0.2, 0.25) is 0 Å². The summed E-state index contributed by atoms with van der Waals surface area (Å²) in [7, 11) is 0. The van der Waals surface area contributed by atoms with Crippen molar-refractivity contribution in [3.8, 4) is 0 Å². The Bertz CT molecular complexity index is 465. The molecule has 2 rings (SSSR count). The van der Waals surface area contributed by atoms with E-state index in [2.05, 4.69) is 49.0 Å². The maximum atomic E-state index is 6.27. The summed E-state index contributed by atoms with van der Waals surface area (Å²) in [5.41, 5.74) is 1.64. The zero-order valence-corrected chi connectivity index (χ0v) is 14.5. The van der Waals surface area contributed by atoms with E-state index >= 15 is 0 Å². The summed E-state index contributed by atoms with van der Waals surface area (Å²) < 4.78 is 0. The van der Waals surface area contributed by atoms with Crippen LogP contribution in [0.3, 0.4) is 0 Å². The number of nitrogens with zero attached hydrogens (tertiary/aromatic N) is 2. The molecule has 1 aromatic rings. The number of pyridine rings is 1. The van der Waals surface area contributed by atoms with Gasteiger partial charge in [-0.05, 0) is 29.9 Å². The number of piperidine rings is 1. The van der Waals surface area contributed by atoms with Crippen molar-refractivity contribution in [2.75, 3.05) is 18.0 Å². The summed E-state index contributed by atoms with van der Waals surface area (Å²) in [4.78, 5) is 6.92. The maximum absolute atomic E-state index is 6.27. The molecule has 1 N–H and O–H groups in total. The van der Waals surface area contributed by atoms with Crippen LogP contribution in [0.2, 0.25) is 5.02 Å². The van der Waals surface area contributed by atoms with Gasteiger partial charge in [0.15, 0.2) is 0 Å². The highest BCUT2D eigenvalue weighted by Gasteiger charge is 2.28. The smallest absolute Gasteiger partial charge is 0.128 e. The summed E-state index contributed by atoms with van der Waals surface area (Å²) in [6.07, 6.45) is 5.54. The molecule has 0 aromatic carbocycles. The highest BCUT2D eigenvalue weighted by atomic mass is 35.5. The van der Waals surface area contributed by atoms with Crippen molar-refractivity contribution in [1.82, 2.24) is 10.3 Å². The Morgan fingerprint density at radius 2 is 2.05 bits per heavy atom. The van der Waals surface area contributed by atoms with E-state index in [4.69, 9.17) is 11.6 Å². The molecule has 0 saturated carbocycles. The van der Waals surface area contributed by atoms with Crippen LogP contribution in [0.5, 0.6) is 0 Å². The van der Waals surface area contributed by atoms with E-state index in [-0.39, 0.29) is 0 Å². The molecule has 0 bridgehead atoms. The second-order valence-electron chi connectivity index (χ2n) is 6.82. The molecule has 1 aromatic heterocycles. The first kappa shape index (κ1) is 16.6. The van der Waals surface area contributed by atoms with E-state index in [1.165, 1.54) is 19.3 Å². The van der Waals surface area contributed by atoms with E-state index < -0.39 is 0 Å². The first-order valence-corrected chi connectivity index (χ1v) is 8.44. The number of anilines is 1. The molecule has 0 unspecified atom stereocenters. The Morgan fingerprint density at radius 1 is 1.38 bits per heavy atom. The molecule has 118 valence electrons. The number of halogens is 1. The molecule has 2 heterocycles. The fourth-order valence-corrected chi connectivity index (χ4v) is 2.89. The average molecular weight is 310 g/mol. The molecular formula is C17H28ClN3. The van der Waals surface area contributed by atoms with Crippen LogP contribution in [-0.2, 0) is 6.54 Å². The van der Waals surface area contributed by atoms with Gasteiger partial charge >= 0.3 is 0 Å². The van der Waals surface area contributed by atoms with Crippen LogP contribution in [0, 0.1) is 5.41 Å². The van der Waals surface area contributed by atoms with Gasteiger partial charge in [-0.3, -0.25) is 0 Å². The lowest BCUT2D eigenvalue weighted by Gasteiger charge is -2.39. The largest absolute Gasteiger partial charge is 0.357 e. The lowest BCUT2D eigenvalue weighted by molar-refractivity contribution is 0.238. The van der Waals surface area contributed by atoms with Gasteiger partial charge in [-0.2, -0.15) is 0 Å². The minimum absolute atomic E-state index is 0.456. The van der Waals surface area contributed by atoms with Crippen LogP contribution in [0.4, 0.5) is 5.82 Å². The average Bonchev–Trinajstić information content (AvgIpc) is 2.47. The van der Waals surface area contributed by atoms with Crippen LogP contribution >= 0.6 is 11.6 Å². The normalized spacial score (nSPS) is 18.3. The minimum Gasteiger partial charge on any atom is -0.357 e. The zero-order chi connectivity index (χ0) is 15.5. The molecule has 1 fully saturated rings. The van der Waals surface area contributed by atoms with Crippen molar-refractivity contribution in [3.05, 3.63) is 22.8 Å². The fourth-order valence-electron chi connectivity index (χ4n) is 2.72. The lowest BCUT2D eigenvalue weighted by atomic mass is 9.78. The summed E-state index contributed by atoms with van der Waals surface area (Å²) in [5.74, 6) is 1.07. The first-order valence-electron chi connectivity index (χ1n) is 8.06. The van der Waals surface area contributed by atoms with Gasteiger partial charge in [0, 0.05) is 31.9 Å². The Hall–Kier alpha value is -0.800. The number of nitrogens with one attached hydrogen (secondary N) is 1. The second kappa shape index (κ2) is 6.97. The quantitative estimate of drug-likeness (QED) is 0.881. The standard InChI is InChI=1S/C17H28ClN3/c1-5-17(4)6-8-21(9-7-17)16-10-14(11-19-13(2)3)15(18)12-20-16/h10,12-13,19H,5-9,11H2,1-4H3. The fraction of sp³-hybridized carbons (Fsp3) is 0.706. The minimum atomic E-state index is 0.456. The Kier molecular flexibility index (Phi) is 5.50. The molecule has 0 spiro atoms. The molecule has 0 amide bonds. The molecule has 4 heteroatoms. The number of aromatic nitrogens is 1. The highest BCUT2D eigenvalue weighted by molar-refractivity contribution is 6.31. The van der Waals surface area contributed by atoms with Crippen molar-refractivity contribution < 1.29 is 0 Å². The van der Waals surface area contributed by atoms with Crippen molar-refractivity contribution in [1.29, 1.82) is 0 Å². The third-order valence-corrected chi connectivity index (χ3v) is 5.11. The molecule has 1 aliphatic heterocycles. The molecular weight excluding hydrogens is 282 g/mol. The van der Waals surface area contributed by atoms with E-state index in [0.717, 1.165) is 36.0 Å². The van der Waals surface area contributed by atoms with Gasteiger partial charge in [-0.1, -0.05) is 45.7 Å². The predicted octanol–water partition coefficient (Wildman–Crippen LogP) is 4.25. The maximum Gasteiger partial charge on any atom is 0.128 e. The van der Waals surface area contributed by atoms with Crippen molar-refractivity contribution >= 4 is 17.4 Å². The number of rotatable bonds is 5. The summed E-state index contributed by atoms with van der Waals surface area (Å²) in [6, 6.07) is 2.60. The Labute approximate surface area is 134 Å². The molecule has 1 saturated heterocycles. The topological polar surface area (TPSA) is 28.2 Å². The van der Waals surface area contributed by atoms with Crippen LogP contribution in [-0.4, -0.2) is 24.1 Å². The van der Waals surface area contributed by atoms with Gasteiger partial charge in [0.1, 0.15) is 5.82 Å². The van der Waals surface area contributed by atoms with Crippen LogP contribution in [0.1, 0.15) is 52.5 Å². The lowest BCUT2D eigenvalue weighted by Crippen LogP contribution is -2.38. The third kappa shape index (κ3) is 4.33. The Morgan fingerprint density at radius 3 is 2.62 bits per heavy atom. The van der Waals surface area contributed by atoms with E-state index in [1.807, 2.05) is 0 Å². The zero-order valence-electron chi connectivity index (χ0n) is 13.7. The molecule has 21 heavy (non-hydrogen) atoms. The van der Waals surface area contributed by atoms with Crippen molar-refractivity contribution in [3.63, 3.8) is 0 Å². The van der Waals surface area contributed by atoms with Gasteiger partial charge in [-0.25, -0.2) is 4.98 Å². The van der Waals surface area contributed by atoms with Gasteiger partial charge < -0.3 is 10.2 Å². The summed E-state index contributed by atoms with van der Waals surface area (Å²) in [6.45, 7) is 12.0. The van der Waals surface area contributed by atoms with Crippen molar-refractivity contribution in [2.24, 2.45) is 5.41 Å². The number of hydrogen-bond donors (Lipinski definition) is 1. The third-order valence-electron chi connectivity index (χ3n) is 4.77. The second-order valence-corrected chi connectivity index (χ2v) is 7.23. The number of hydrogen-bond acceptors (Lipinski definition) is 3. The van der Waals surface area contributed by atoms with Crippen LogP contribution in [0.15, 0.2) is 12.3 Å². The van der Waals surface area contributed by atoms with Crippen molar-refractivity contribution in [2.45, 2.75) is 59.5 Å². The molecule has 3 nitrogen and oxygen atoms in total.